The smallest absolute Gasteiger partial charge is 1.00 e. The normalized spacial score (nSPS) is 3.69. The third kappa shape index (κ3) is 630. The van der Waals surface area contributed by atoms with Crippen molar-refractivity contribution in [1.29, 1.82) is 0 Å². The van der Waals surface area contributed by atoms with Crippen molar-refractivity contribution >= 4 is 10.1 Å². The standard InChI is InChI=1S/Be.FH.K.Li.2NO3.Na.2H/c;;;;2*2-1(3)4;;;/h;1H;;;;;;;/q;;2*+1;2*-1;+1;;/p-1. The maximum atomic E-state index is 8.25. The largest absolute Gasteiger partial charge is 1.00 e. The molecule has 0 saturated heterocycles. The van der Waals surface area contributed by atoms with Crippen LogP contribution in [0.15, 0.2) is 0 Å². The minimum atomic E-state index is -1.75. The number of rotatable bonds is 0. The molecule has 0 N–H and O–H groups in total. The van der Waals surface area contributed by atoms with E-state index in [1.807, 2.05) is 0 Å². The molecule has 13 heteroatoms. The zero-order valence-corrected chi connectivity index (χ0v) is 11.8. The molecule has 0 heterocycles. The van der Waals surface area contributed by atoms with E-state index in [9.17, 15) is 0 Å². The molecule has 0 saturated carbocycles. The average Bonchev–Trinajstić information content (AvgIpc) is 1.25. The van der Waals surface area contributed by atoms with Crippen molar-refractivity contribution < 1.29 is 115 Å². The van der Waals surface area contributed by atoms with Crippen LogP contribution in [-0.2, 0) is 0 Å². The van der Waals surface area contributed by atoms with Crippen molar-refractivity contribution in [1.82, 2.24) is 0 Å². The van der Waals surface area contributed by atoms with E-state index in [-0.39, 0.29) is 115 Å². The Kier molecular flexibility index (Phi) is 133. The molecule has 8 nitrogen and oxygen atoms in total. The summed E-state index contributed by atoms with van der Waals surface area (Å²) in [4.78, 5) is 16.5. The fourth-order valence-electron chi connectivity index (χ4n) is 0. The molecule has 0 atom stereocenters. The number of hydrogen-bond acceptors (Lipinski definition) is 6. The van der Waals surface area contributed by atoms with Crippen molar-refractivity contribution in [3.63, 3.8) is 0 Å². The summed E-state index contributed by atoms with van der Waals surface area (Å²) in [5.41, 5.74) is 0. The van der Waals surface area contributed by atoms with E-state index in [1.54, 1.807) is 0 Å². The number of nitrogens with zero attached hydrogens (tertiary/aromatic N) is 2. The molecule has 60 valence electrons. The van der Waals surface area contributed by atoms with Crippen LogP contribution in [0.5, 0.6) is 0 Å². The molecule has 0 radical (unpaired) electrons. The third-order valence-electron chi connectivity index (χ3n) is 0. The van der Waals surface area contributed by atoms with E-state index in [0.717, 1.165) is 0 Å². The fraction of sp³-hybridized carbons (Fsp3) is 0. The molecular formula is H2BeFKLiN2NaO6. The van der Waals surface area contributed by atoms with Crippen molar-refractivity contribution in [3.05, 3.63) is 30.6 Å². The summed E-state index contributed by atoms with van der Waals surface area (Å²) in [5, 5.41) is 29.5. The Bertz CT molecular complexity index is 88.6. The minimum Gasteiger partial charge on any atom is -1.00 e. The van der Waals surface area contributed by atoms with Gasteiger partial charge in [-0.05, 0) is 0 Å². The second-order valence-corrected chi connectivity index (χ2v) is 0.447. The number of halogens is 1. The topological polar surface area (TPSA) is 132 Å². The van der Waals surface area contributed by atoms with Crippen LogP contribution in [0.4, 0.5) is 0 Å². The van der Waals surface area contributed by atoms with Crippen LogP contribution in [0.1, 0.15) is 0 Å². The summed E-state index contributed by atoms with van der Waals surface area (Å²) in [5.74, 6) is 0. The average molecular weight is 223 g/mol. The SMILES string of the molecule is O=[N+]([O-])[O-].O=[N+]([O-])[O-].[BeH2].[F-].[K+].[Li+].[Na+]. The van der Waals surface area contributed by atoms with Gasteiger partial charge in [-0.25, -0.2) is 0 Å². The van der Waals surface area contributed by atoms with Gasteiger partial charge in [0.15, 0.2) is 0 Å². The van der Waals surface area contributed by atoms with Crippen LogP contribution < -0.4 is 105 Å². The van der Waals surface area contributed by atoms with Gasteiger partial charge in [0.05, 0.1) is 10.2 Å². The monoisotopic (exact) mass is 223 g/mol. The van der Waals surface area contributed by atoms with Gasteiger partial charge in [0.25, 0.3) is 0 Å². The van der Waals surface area contributed by atoms with Gasteiger partial charge in [0, 0.05) is 0 Å². The quantitative estimate of drug-likeness (QED) is 0.227. The molecule has 0 spiro atoms. The second-order valence-electron chi connectivity index (χ2n) is 0.447. The molecular weight excluding hydrogens is 221 g/mol. The van der Waals surface area contributed by atoms with Crippen LogP contribution in [-0.4, -0.2) is 20.3 Å². The predicted molar refractivity (Wildman–Crippen MR) is 29.3 cm³/mol. The zero-order valence-electron chi connectivity index (χ0n) is 6.72. The van der Waals surface area contributed by atoms with Gasteiger partial charge in [-0.2, -0.15) is 0 Å². The Morgan fingerprint density at radius 2 is 0.846 bits per heavy atom. The first-order chi connectivity index (χ1) is 3.46. The molecule has 0 unspecified atom stereocenters. The summed E-state index contributed by atoms with van der Waals surface area (Å²) >= 11 is 0. The molecule has 0 bridgehead atoms. The van der Waals surface area contributed by atoms with Crippen LogP contribution in [0, 0.1) is 30.6 Å². The van der Waals surface area contributed by atoms with E-state index < -0.39 is 10.2 Å². The molecule has 0 fully saturated rings. The van der Waals surface area contributed by atoms with Crippen LogP contribution >= 0.6 is 0 Å². The fourth-order valence-corrected chi connectivity index (χ4v) is 0. The van der Waals surface area contributed by atoms with Gasteiger partial charge in [-0.3, -0.25) is 0 Å². The number of hydrogen-bond donors (Lipinski definition) is 0. The summed E-state index contributed by atoms with van der Waals surface area (Å²) in [6.07, 6.45) is 0. The van der Waals surface area contributed by atoms with E-state index in [2.05, 4.69) is 0 Å². The van der Waals surface area contributed by atoms with Gasteiger partial charge in [-0.15, -0.1) is 0 Å². The van der Waals surface area contributed by atoms with Gasteiger partial charge < -0.3 is 35.3 Å². The van der Waals surface area contributed by atoms with Crippen LogP contribution in [0.25, 0.3) is 0 Å². The molecule has 0 aromatic carbocycles. The predicted octanol–water partition coefficient (Wildman–Crippen LogP) is -13.4. The van der Waals surface area contributed by atoms with Crippen molar-refractivity contribution in [2.45, 2.75) is 0 Å². The molecule has 0 aromatic heterocycles. The maximum absolute atomic E-state index is 8.25. The first-order valence-corrected chi connectivity index (χ1v) is 1.10. The zero-order chi connectivity index (χ0) is 7.15. The molecule has 0 aliphatic rings. The second kappa shape index (κ2) is 37.2. The van der Waals surface area contributed by atoms with Crippen LogP contribution in [0.3, 0.4) is 0 Å². The van der Waals surface area contributed by atoms with E-state index in [4.69, 9.17) is 30.6 Å². The van der Waals surface area contributed by atoms with Gasteiger partial charge in [0.2, 0.25) is 0 Å². The summed E-state index contributed by atoms with van der Waals surface area (Å²) in [6, 6.07) is 0. The Morgan fingerprint density at radius 1 is 0.846 bits per heavy atom. The first kappa shape index (κ1) is 46.5. The van der Waals surface area contributed by atoms with Gasteiger partial charge >= 0.3 is 110 Å². The summed E-state index contributed by atoms with van der Waals surface area (Å²) < 4.78 is 0. The molecule has 0 aliphatic heterocycles. The Hall–Kier alpha value is 1.73. The Balaban J connectivity index is -0.00000000800. The Labute approximate surface area is 153 Å². The minimum absolute atomic E-state index is 0. The summed E-state index contributed by atoms with van der Waals surface area (Å²) in [6.45, 7) is 0. The van der Waals surface area contributed by atoms with E-state index in [1.165, 1.54) is 0 Å². The van der Waals surface area contributed by atoms with Gasteiger partial charge in [0.1, 0.15) is 0 Å². The molecule has 0 rings (SSSR count). The molecule has 13 heavy (non-hydrogen) atoms. The van der Waals surface area contributed by atoms with Gasteiger partial charge in [-0.1, -0.05) is 0 Å². The van der Waals surface area contributed by atoms with Crippen molar-refractivity contribution in [3.8, 4) is 0 Å². The molecule has 0 aromatic rings. The molecule has 0 amide bonds. The van der Waals surface area contributed by atoms with E-state index >= 15 is 0 Å². The van der Waals surface area contributed by atoms with E-state index in [0.29, 0.717) is 0 Å². The molecule has 0 aliphatic carbocycles. The third-order valence-corrected chi connectivity index (χ3v) is 0. The Morgan fingerprint density at radius 3 is 0.846 bits per heavy atom. The first-order valence-electron chi connectivity index (χ1n) is 1.10. The summed E-state index contributed by atoms with van der Waals surface area (Å²) in [7, 11) is 0. The maximum Gasteiger partial charge on any atom is 1.00 e. The van der Waals surface area contributed by atoms with Crippen molar-refractivity contribution in [2.75, 3.05) is 0 Å². The van der Waals surface area contributed by atoms with Crippen LogP contribution in [0.2, 0.25) is 0 Å². The van der Waals surface area contributed by atoms with Crippen molar-refractivity contribution in [2.24, 2.45) is 0 Å².